The molecule has 16 heavy (non-hydrogen) atoms. The number of aromatic nitrogens is 3. The second-order valence-electron chi connectivity index (χ2n) is 2.90. The van der Waals surface area contributed by atoms with E-state index < -0.39 is 0 Å². The maximum Gasteiger partial charge on any atom is 0.274 e. The van der Waals surface area contributed by atoms with Gasteiger partial charge in [-0.3, -0.25) is 4.79 Å². The maximum atomic E-state index is 11.6. The zero-order valence-corrected chi connectivity index (χ0v) is 10.2. The quantitative estimate of drug-likeness (QED) is 0.895. The van der Waals surface area contributed by atoms with E-state index in [-0.39, 0.29) is 5.91 Å². The van der Waals surface area contributed by atoms with Crippen molar-refractivity contribution in [1.29, 1.82) is 0 Å². The predicted molar refractivity (Wildman–Crippen MR) is 63.5 cm³/mol. The summed E-state index contributed by atoms with van der Waals surface area (Å²) in [6, 6.07) is 1.65. The van der Waals surface area contributed by atoms with Gasteiger partial charge in [0.1, 0.15) is 5.69 Å². The zero-order chi connectivity index (χ0) is 11.5. The van der Waals surface area contributed by atoms with Crippen LogP contribution in [-0.4, -0.2) is 20.9 Å². The van der Waals surface area contributed by atoms with Crippen molar-refractivity contribution in [3.05, 3.63) is 40.0 Å². The van der Waals surface area contributed by atoms with Gasteiger partial charge in [-0.25, -0.2) is 9.97 Å². The minimum absolute atomic E-state index is 0.310. The number of amides is 1. The number of imidazole rings is 1. The van der Waals surface area contributed by atoms with Crippen LogP contribution >= 0.6 is 27.5 Å². The van der Waals surface area contributed by atoms with Crippen molar-refractivity contribution in [2.24, 2.45) is 0 Å². The van der Waals surface area contributed by atoms with Crippen LogP contribution in [-0.2, 0) is 0 Å². The Labute approximate surface area is 104 Å². The van der Waals surface area contributed by atoms with Gasteiger partial charge in [0.15, 0.2) is 5.82 Å². The molecule has 2 heterocycles. The molecule has 0 saturated carbocycles. The molecule has 0 radical (unpaired) electrons. The highest BCUT2D eigenvalue weighted by Gasteiger charge is 2.10. The molecule has 0 bridgehead atoms. The van der Waals surface area contributed by atoms with Crippen molar-refractivity contribution >= 4 is 39.3 Å². The summed E-state index contributed by atoms with van der Waals surface area (Å²) in [6.07, 6.45) is 4.39. The highest BCUT2D eigenvalue weighted by atomic mass is 79.9. The summed E-state index contributed by atoms with van der Waals surface area (Å²) >= 11 is 9.13. The summed E-state index contributed by atoms with van der Waals surface area (Å²) < 4.78 is 0.747. The van der Waals surface area contributed by atoms with Gasteiger partial charge in [0.2, 0.25) is 0 Å². The number of rotatable bonds is 2. The van der Waals surface area contributed by atoms with E-state index in [1.807, 2.05) is 0 Å². The minimum atomic E-state index is -0.339. The monoisotopic (exact) mass is 300 g/mol. The molecule has 0 aliphatic rings. The molecule has 2 rings (SSSR count). The van der Waals surface area contributed by atoms with Gasteiger partial charge in [0, 0.05) is 10.7 Å². The van der Waals surface area contributed by atoms with Crippen molar-refractivity contribution in [1.82, 2.24) is 15.0 Å². The van der Waals surface area contributed by atoms with E-state index in [1.165, 1.54) is 12.5 Å². The molecular formula is C9H6BrClN4O. The lowest BCUT2D eigenvalue weighted by Gasteiger charge is -2.04. The van der Waals surface area contributed by atoms with Crippen molar-refractivity contribution in [3.8, 4) is 0 Å². The Morgan fingerprint density at radius 1 is 1.50 bits per heavy atom. The van der Waals surface area contributed by atoms with Crippen LogP contribution in [0.1, 0.15) is 10.5 Å². The molecule has 0 aliphatic heterocycles. The van der Waals surface area contributed by atoms with E-state index in [9.17, 15) is 4.79 Å². The van der Waals surface area contributed by atoms with E-state index in [2.05, 4.69) is 36.2 Å². The fourth-order valence-electron chi connectivity index (χ4n) is 1.06. The predicted octanol–water partition coefficient (Wildman–Crippen LogP) is 2.47. The summed E-state index contributed by atoms with van der Waals surface area (Å²) in [5.74, 6) is -0.0290. The van der Waals surface area contributed by atoms with Crippen molar-refractivity contribution < 1.29 is 4.79 Å². The van der Waals surface area contributed by atoms with Crippen LogP contribution in [0.2, 0.25) is 5.02 Å². The Bertz CT molecular complexity index is 514. The molecule has 82 valence electrons. The molecule has 0 unspecified atom stereocenters. The molecule has 1 amide bonds. The molecule has 0 fully saturated rings. The molecule has 0 aromatic carbocycles. The number of H-pyrrole nitrogens is 1. The van der Waals surface area contributed by atoms with Gasteiger partial charge in [0.25, 0.3) is 5.91 Å². The van der Waals surface area contributed by atoms with E-state index in [0.29, 0.717) is 16.5 Å². The highest BCUT2D eigenvalue weighted by molar-refractivity contribution is 9.10. The van der Waals surface area contributed by atoms with Gasteiger partial charge in [-0.2, -0.15) is 0 Å². The molecule has 0 aliphatic carbocycles. The lowest BCUT2D eigenvalue weighted by Crippen LogP contribution is -2.13. The fourth-order valence-corrected chi connectivity index (χ4v) is 1.74. The first-order valence-electron chi connectivity index (χ1n) is 4.27. The van der Waals surface area contributed by atoms with Crippen LogP contribution in [0.25, 0.3) is 0 Å². The second kappa shape index (κ2) is 4.63. The van der Waals surface area contributed by atoms with Gasteiger partial charge < -0.3 is 10.3 Å². The molecule has 0 spiro atoms. The van der Waals surface area contributed by atoms with Gasteiger partial charge in [-0.15, -0.1) is 0 Å². The van der Waals surface area contributed by atoms with Gasteiger partial charge in [0.05, 0.1) is 17.5 Å². The topological polar surface area (TPSA) is 70.7 Å². The average molecular weight is 302 g/mol. The smallest absolute Gasteiger partial charge is 0.274 e. The van der Waals surface area contributed by atoms with Crippen LogP contribution < -0.4 is 5.32 Å². The number of carbonyl (C=O) groups is 1. The SMILES string of the molecule is O=C(Nc1ncc(Br)cc1Cl)c1cnc[nH]1. The summed E-state index contributed by atoms with van der Waals surface area (Å²) in [5.41, 5.74) is 0.348. The first-order valence-corrected chi connectivity index (χ1v) is 5.44. The number of aromatic amines is 1. The molecule has 2 aromatic rings. The highest BCUT2D eigenvalue weighted by Crippen LogP contribution is 2.22. The third-order valence-electron chi connectivity index (χ3n) is 1.78. The first-order chi connectivity index (χ1) is 7.66. The van der Waals surface area contributed by atoms with Crippen LogP contribution in [0.4, 0.5) is 5.82 Å². The van der Waals surface area contributed by atoms with Crippen LogP contribution in [0.3, 0.4) is 0 Å². The summed E-state index contributed by atoms with van der Waals surface area (Å²) in [6.45, 7) is 0. The van der Waals surface area contributed by atoms with E-state index >= 15 is 0 Å². The van der Waals surface area contributed by atoms with Gasteiger partial charge in [-0.1, -0.05) is 11.6 Å². The van der Waals surface area contributed by atoms with Crippen LogP contribution in [0.5, 0.6) is 0 Å². The first kappa shape index (κ1) is 11.1. The lowest BCUT2D eigenvalue weighted by molar-refractivity contribution is 0.102. The van der Waals surface area contributed by atoms with E-state index in [1.54, 1.807) is 12.3 Å². The summed E-state index contributed by atoms with van der Waals surface area (Å²) in [7, 11) is 0. The van der Waals surface area contributed by atoms with Crippen molar-refractivity contribution in [2.75, 3.05) is 5.32 Å². The summed E-state index contributed by atoms with van der Waals surface area (Å²) in [4.78, 5) is 22.0. The Kier molecular flexibility index (Phi) is 3.21. The number of hydrogen-bond acceptors (Lipinski definition) is 3. The standard InChI is InChI=1S/C9H6BrClN4O/c10-5-1-6(11)8(13-2-5)15-9(16)7-3-12-4-14-7/h1-4H,(H,12,14)(H,13,15,16). The second-order valence-corrected chi connectivity index (χ2v) is 4.23. The number of pyridine rings is 1. The maximum absolute atomic E-state index is 11.6. The van der Waals surface area contributed by atoms with Gasteiger partial charge in [-0.05, 0) is 22.0 Å². The number of anilines is 1. The third-order valence-corrected chi connectivity index (χ3v) is 2.50. The number of hydrogen-bond donors (Lipinski definition) is 2. The Balaban J connectivity index is 2.18. The van der Waals surface area contributed by atoms with Gasteiger partial charge >= 0.3 is 0 Å². The zero-order valence-electron chi connectivity index (χ0n) is 7.87. The molecule has 7 heteroatoms. The number of carbonyl (C=O) groups excluding carboxylic acids is 1. The van der Waals surface area contributed by atoms with E-state index in [4.69, 9.17) is 11.6 Å². The largest absolute Gasteiger partial charge is 0.341 e. The van der Waals surface area contributed by atoms with Crippen LogP contribution in [0, 0.1) is 0 Å². The van der Waals surface area contributed by atoms with E-state index in [0.717, 1.165) is 4.47 Å². The molecule has 2 N–H and O–H groups in total. The van der Waals surface area contributed by atoms with Crippen molar-refractivity contribution in [2.45, 2.75) is 0 Å². The summed E-state index contributed by atoms with van der Waals surface area (Å²) in [5, 5.41) is 2.93. The Morgan fingerprint density at radius 3 is 2.94 bits per heavy atom. The number of halogens is 2. The average Bonchev–Trinajstić information content (AvgIpc) is 2.75. The molecule has 0 atom stereocenters. The minimum Gasteiger partial charge on any atom is -0.341 e. The molecule has 2 aromatic heterocycles. The molecule has 0 saturated heterocycles. The number of nitrogens with one attached hydrogen (secondary N) is 2. The third kappa shape index (κ3) is 2.40. The van der Waals surface area contributed by atoms with Crippen molar-refractivity contribution in [3.63, 3.8) is 0 Å². The van der Waals surface area contributed by atoms with Crippen LogP contribution in [0.15, 0.2) is 29.3 Å². The molecule has 5 nitrogen and oxygen atoms in total. The Hall–Kier alpha value is -1.40. The molecular weight excluding hydrogens is 295 g/mol. The lowest BCUT2D eigenvalue weighted by atomic mass is 10.4. The number of nitrogens with zero attached hydrogens (tertiary/aromatic N) is 2. The Morgan fingerprint density at radius 2 is 2.31 bits per heavy atom. The fraction of sp³-hybridized carbons (Fsp3) is 0. The normalized spacial score (nSPS) is 10.1.